The van der Waals surface area contributed by atoms with Crippen molar-refractivity contribution in [2.75, 3.05) is 26.2 Å². The SMILES string of the molecule is O=C(c1ccc(Cl)cc1)N1CC2(CCN(Cc3ccccc3Oc3cccc(C(F)(F)F)c3)CC2)C1. The van der Waals surface area contributed by atoms with Crippen LogP contribution in [0.4, 0.5) is 13.2 Å². The van der Waals surface area contributed by atoms with Gasteiger partial charge >= 0.3 is 6.18 Å². The fraction of sp³-hybridized carbons (Fsp3) is 0.321. The number of carbonyl (C=O) groups is 1. The number of ether oxygens (including phenoxy) is 1. The molecule has 1 spiro atoms. The molecule has 8 heteroatoms. The van der Waals surface area contributed by atoms with Crippen LogP contribution in [0.3, 0.4) is 0 Å². The van der Waals surface area contributed by atoms with Gasteiger partial charge in [0, 0.05) is 41.2 Å². The summed E-state index contributed by atoms with van der Waals surface area (Å²) in [4.78, 5) is 17.0. The number of carbonyl (C=O) groups excluding carboxylic acids is 1. The Morgan fingerprint density at radius 3 is 2.33 bits per heavy atom. The van der Waals surface area contributed by atoms with E-state index in [1.807, 2.05) is 23.1 Å². The summed E-state index contributed by atoms with van der Waals surface area (Å²) in [5.41, 5.74) is 1.01. The van der Waals surface area contributed by atoms with E-state index in [0.29, 0.717) is 22.9 Å². The van der Waals surface area contributed by atoms with Crippen LogP contribution < -0.4 is 4.74 Å². The molecule has 0 unspecified atom stereocenters. The number of hydrogen-bond acceptors (Lipinski definition) is 3. The standard InChI is InChI=1S/C28H26ClF3N2O2/c29-23-10-8-20(9-11-23)26(35)34-18-27(19-34)12-14-33(15-13-27)17-21-4-1-2-7-25(21)36-24-6-3-5-22(16-24)28(30,31)32/h1-11,16H,12-15,17-19H2. The number of hydrogen-bond donors (Lipinski definition) is 0. The average molecular weight is 515 g/mol. The van der Waals surface area contributed by atoms with Crippen molar-refractivity contribution in [3.05, 3.63) is 94.5 Å². The first-order chi connectivity index (χ1) is 17.2. The van der Waals surface area contributed by atoms with Crippen molar-refractivity contribution in [2.45, 2.75) is 25.6 Å². The number of rotatable bonds is 5. The number of benzene rings is 3. The van der Waals surface area contributed by atoms with Gasteiger partial charge in [-0.25, -0.2) is 0 Å². The van der Waals surface area contributed by atoms with Crippen molar-refractivity contribution in [1.82, 2.24) is 9.80 Å². The third kappa shape index (κ3) is 5.37. The Hall–Kier alpha value is -3.03. The highest BCUT2D eigenvalue weighted by atomic mass is 35.5. The van der Waals surface area contributed by atoms with Gasteiger partial charge in [-0.1, -0.05) is 35.9 Å². The van der Waals surface area contributed by atoms with E-state index in [0.717, 1.165) is 56.7 Å². The minimum absolute atomic E-state index is 0.0420. The summed E-state index contributed by atoms with van der Waals surface area (Å²) in [5.74, 6) is 0.760. The van der Waals surface area contributed by atoms with Crippen LogP contribution in [0, 0.1) is 5.41 Å². The molecule has 5 rings (SSSR count). The Morgan fingerprint density at radius 2 is 1.64 bits per heavy atom. The van der Waals surface area contributed by atoms with E-state index in [9.17, 15) is 18.0 Å². The Balaban J connectivity index is 1.17. The molecule has 0 aromatic heterocycles. The summed E-state index contributed by atoms with van der Waals surface area (Å²) in [6, 6.07) is 19.4. The molecule has 1 amide bonds. The zero-order chi connectivity index (χ0) is 25.3. The van der Waals surface area contributed by atoms with Gasteiger partial charge in [0.05, 0.1) is 5.56 Å². The minimum Gasteiger partial charge on any atom is -0.457 e. The molecule has 3 aromatic carbocycles. The van der Waals surface area contributed by atoms with E-state index in [4.69, 9.17) is 16.3 Å². The highest BCUT2D eigenvalue weighted by Crippen LogP contribution is 2.42. The van der Waals surface area contributed by atoms with Gasteiger partial charge in [-0.15, -0.1) is 0 Å². The first-order valence-corrected chi connectivity index (χ1v) is 12.3. The number of para-hydroxylation sites is 1. The molecule has 0 N–H and O–H groups in total. The highest BCUT2D eigenvalue weighted by molar-refractivity contribution is 6.30. The third-order valence-electron chi connectivity index (χ3n) is 7.10. The largest absolute Gasteiger partial charge is 0.457 e. The zero-order valence-corrected chi connectivity index (χ0v) is 20.4. The van der Waals surface area contributed by atoms with Crippen LogP contribution >= 0.6 is 11.6 Å². The van der Waals surface area contributed by atoms with Gasteiger partial charge in [0.15, 0.2) is 0 Å². The Kier molecular flexibility index (Phi) is 6.70. The third-order valence-corrected chi connectivity index (χ3v) is 7.36. The summed E-state index contributed by atoms with van der Waals surface area (Å²) in [6.07, 6.45) is -2.43. The van der Waals surface area contributed by atoms with Gasteiger partial charge in [0.1, 0.15) is 11.5 Å². The second-order valence-corrected chi connectivity index (χ2v) is 10.1. The maximum Gasteiger partial charge on any atom is 0.416 e. The summed E-state index contributed by atoms with van der Waals surface area (Å²) in [5, 5.41) is 0.612. The molecule has 3 aromatic rings. The lowest BCUT2D eigenvalue weighted by Crippen LogP contribution is -2.61. The maximum atomic E-state index is 13.1. The molecule has 2 heterocycles. The summed E-state index contributed by atoms with van der Waals surface area (Å²) >= 11 is 5.93. The monoisotopic (exact) mass is 514 g/mol. The smallest absolute Gasteiger partial charge is 0.416 e. The number of halogens is 4. The Morgan fingerprint density at radius 1 is 0.944 bits per heavy atom. The van der Waals surface area contributed by atoms with E-state index in [-0.39, 0.29) is 17.1 Å². The van der Waals surface area contributed by atoms with Crippen molar-refractivity contribution in [1.29, 1.82) is 0 Å². The second kappa shape index (κ2) is 9.79. The normalized spacial score (nSPS) is 17.6. The second-order valence-electron chi connectivity index (χ2n) is 9.68. The average Bonchev–Trinajstić information content (AvgIpc) is 2.84. The predicted molar refractivity (Wildman–Crippen MR) is 132 cm³/mol. The molecule has 2 aliphatic rings. The number of amides is 1. The van der Waals surface area contributed by atoms with Gasteiger partial charge in [-0.2, -0.15) is 13.2 Å². The van der Waals surface area contributed by atoms with Crippen molar-refractivity contribution >= 4 is 17.5 Å². The van der Waals surface area contributed by atoms with Gasteiger partial charge in [-0.05, 0) is 74.5 Å². The maximum absolute atomic E-state index is 13.1. The molecule has 2 fully saturated rings. The highest BCUT2D eigenvalue weighted by Gasteiger charge is 2.46. The van der Waals surface area contributed by atoms with E-state index >= 15 is 0 Å². The fourth-order valence-corrected chi connectivity index (χ4v) is 5.15. The molecule has 0 atom stereocenters. The van der Waals surface area contributed by atoms with Gasteiger partial charge < -0.3 is 9.64 Å². The zero-order valence-electron chi connectivity index (χ0n) is 19.6. The van der Waals surface area contributed by atoms with Crippen molar-refractivity contribution in [3.8, 4) is 11.5 Å². The first kappa shape index (κ1) is 24.7. The summed E-state index contributed by atoms with van der Waals surface area (Å²) in [7, 11) is 0. The lowest BCUT2D eigenvalue weighted by atomic mass is 9.71. The molecule has 2 saturated heterocycles. The van der Waals surface area contributed by atoms with Crippen LogP contribution in [0.5, 0.6) is 11.5 Å². The molecule has 0 saturated carbocycles. The van der Waals surface area contributed by atoms with Crippen molar-refractivity contribution in [2.24, 2.45) is 5.41 Å². The molecule has 36 heavy (non-hydrogen) atoms. The number of nitrogens with zero attached hydrogens (tertiary/aromatic N) is 2. The van der Waals surface area contributed by atoms with Gasteiger partial charge in [0.25, 0.3) is 5.91 Å². The summed E-state index contributed by atoms with van der Waals surface area (Å²) in [6.45, 7) is 3.95. The van der Waals surface area contributed by atoms with Crippen LogP contribution in [0.15, 0.2) is 72.8 Å². The Bertz CT molecular complexity index is 1230. The number of likely N-dealkylation sites (tertiary alicyclic amines) is 2. The van der Waals surface area contributed by atoms with Crippen molar-refractivity contribution in [3.63, 3.8) is 0 Å². The molecule has 0 radical (unpaired) electrons. The first-order valence-electron chi connectivity index (χ1n) is 11.9. The minimum atomic E-state index is -4.42. The lowest BCUT2D eigenvalue weighted by Gasteiger charge is -2.54. The lowest BCUT2D eigenvalue weighted by molar-refractivity contribution is -0.137. The van der Waals surface area contributed by atoms with Gasteiger partial charge in [-0.3, -0.25) is 9.69 Å². The molecule has 2 aliphatic heterocycles. The Labute approximate surface area is 213 Å². The fourth-order valence-electron chi connectivity index (χ4n) is 5.02. The van der Waals surface area contributed by atoms with Crippen molar-refractivity contribution < 1.29 is 22.7 Å². The topological polar surface area (TPSA) is 32.8 Å². The van der Waals surface area contributed by atoms with E-state index in [2.05, 4.69) is 4.90 Å². The van der Waals surface area contributed by atoms with E-state index in [1.165, 1.54) is 12.1 Å². The predicted octanol–water partition coefficient (Wildman–Crippen LogP) is 6.89. The quantitative estimate of drug-likeness (QED) is 0.372. The molecule has 0 aliphatic carbocycles. The number of piperidine rings is 1. The van der Waals surface area contributed by atoms with Crippen LogP contribution in [0.2, 0.25) is 5.02 Å². The molecular weight excluding hydrogens is 489 g/mol. The molecule has 188 valence electrons. The molecular formula is C28H26ClF3N2O2. The van der Waals surface area contributed by atoms with Crippen LogP contribution in [0.1, 0.15) is 34.3 Å². The molecule has 4 nitrogen and oxygen atoms in total. The van der Waals surface area contributed by atoms with Crippen LogP contribution in [0.25, 0.3) is 0 Å². The molecule has 0 bridgehead atoms. The van der Waals surface area contributed by atoms with Crippen LogP contribution in [-0.4, -0.2) is 41.9 Å². The van der Waals surface area contributed by atoms with Gasteiger partial charge in [0.2, 0.25) is 0 Å². The van der Waals surface area contributed by atoms with E-state index in [1.54, 1.807) is 30.3 Å². The summed E-state index contributed by atoms with van der Waals surface area (Å²) < 4.78 is 45.1. The number of alkyl halides is 3. The van der Waals surface area contributed by atoms with E-state index < -0.39 is 11.7 Å². The van der Waals surface area contributed by atoms with Crippen LogP contribution in [-0.2, 0) is 12.7 Å².